The average Bonchev–Trinajstić information content (AvgIpc) is 2.42. The Hall–Kier alpha value is -1.18. The normalized spacial score (nSPS) is 30.7. The molecule has 0 atom stereocenters. The second-order valence-corrected chi connectivity index (χ2v) is 3.83. The van der Waals surface area contributed by atoms with Gasteiger partial charge in [-0.15, -0.1) is 0 Å². The van der Waals surface area contributed by atoms with Crippen LogP contribution in [0.25, 0.3) is 0 Å². The first-order valence-electron chi connectivity index (χ1n) is 11.9. The van der Waals surface area contributed by atoms with E-state index in [2.05, 4.69) is 0 Å². The number of nitrogens with two attached hydrogens (primary N) is 1. The quantitative estimate of drug-likeness (QED) is 0.676. The molecule has 0 radical (unpaired) electrons. The molecule has 0 saturated heterocycles. The molecule has 0 aliphatic rings. The predicted octanol–water partition coefficient (Wildman–Crippen LogP) is 3.57. The summed E-state index contributed by atoms with van der Waals surface area (Å²) in [4.78, 5) is 0. The molecular weight excluding hydrogens is 198 g/mol. The van der Waals surface area contributed by atoms with Gasteiger partial charge in [-0.05, 0) is 28.0 Å². The molecule has 0 heterocycles. The van der Waals surface area contributed by atoms with Crippen LogP contribution >= 0.6 is 0 Å². The van der Waals surface area contributed by atoms with E-state index in [4.69, 9.17) is 26.3 Å². The lowest BCUT2D eigenvalue weighted by Crippen LogP contribution is -2.18. The average molecular weight is 236 g/mol. The van der Waals surface area contributed by atoms with E-state index < -0.39 is 67.7 Å². The Bertz CT molecular complexity index is 775. The van der Waals surface area contributed by atoms with E-state index in [9.17, 15) is 5.11 Å². The van der Waals surface area contributed by atoms with Crippen LogP contribution in [0.15, 0.2) is 12.1 Å². The van der Waals surface area contributed by atoms with Gasteiger partial charge in [0.2, 0.25) is 0 Å². The zero-order valence-electron chi connectivity index (χ0n) is 23.7. The van der Waals surface area contributed by atoms with Crippen LogP contribution in [0.2, 0.25) is 0 Å². The van der Waals surface area contributed by atoms with Crippen molar-refractivity contribution in [1.82, 2.24) is 0 Å². The fraction of sp³-hybridized carbons (Fsp3) is 0.571. The van der Waals surface area contributed by atoms with Crippen molar-refractivity contribution >= 4 is 5.69 Å². The van der Waals surface area contributed by atoms with Crippen molar-refractivity contribution in [3.05, 3.63) is 23.3 Å². The van der Waals surface area contributed by atoms with Gasteiger partial charge in [-0.25, -0.2) is 0 Å². The highest BCUT2D eigenvalue weighted by molar-refractivity contribution is 5.58. The van der Waals surface area contributed by atoms with Gasteiger partial charge in [0.25, 0.3) is 0 Å². The summed E-state index contributed by atoms with van der Waals surface area (Å²) in [5.74, 6) is -1.14. The van der Waals surface area contributed by atoms with Crippen molar-refractivity contribution in [3.8, 4) is 5.75 Å². The molecule has 1 rings (SSSR count). The number of hydrogen-bond acceptors (Lipinski definition) is 2. The van der Waals surface area contributed by atoms with Gasteiger partial charge in [0.05, 0.1) is 0 Å². The second kappa shape index (κ2) is 3.69. The summed E-state index contributed by atoms with van der Waals surface area (Å²) >= 11 is 0. The highest BCUT2D eigenvalue weighted by Gasteiger charge is 2.24. The minimum Gasteiger partial charge on any atom is -0.508 e. The van der Waals surface area contributed by atoms with Crippen molar-refractivity contribution in [2.45, 2.75) is 52.0 Å². The molecule has 0 saturated carbocycles. The molecule has 1 aromatic rings. The minimum atomic E-state index is -3.76. The molecule has 0 fully saturated rings. The first-order chi connectivity index (χ1) is 13.3. The summed E-state index contributed by atoms with van der Waals surface area (Å²) in [7, 11) is 0. The Labute approximate surface area is 120 Å². The number of benzene rings is 1. The van der Waals surface area contributed by atoms with E-state index in [1.807, 2.05) is 0 Å². The molecule has 90 valence electrons. The largest absolute Gasteiger partial charge is 0.508 e. The fourth-order valence-electron chi connectivity index (χ4n) is 1.34. The fourth-order valence-corrected chi connectivity index (χ4v) is 1.34. The Balaban J connectivity index is 4.34. The Morgan fingerprint density at radius 2 is 1.62 bits per heavy atom. The van der Waals surface area contributed by atoms with E-state index >= 15 is 0 Å². The molecule has 0 amide bonds. The third kappa shape index (κ3) is 2.49. The lowest BCUT2D eigenvalue weighted by Gasteiger charge is -2.27. The van der Waals surface area contributed by atoms with Crippen molar-refractivity contribution in [2.24, 2.45) is 0 Å². The van der Waals surface area contributed by atoms with Gasteiger partial charge in [0.15, 0.2) is 0 Å². The predicted molar refractivity (Wildman–Crippen MR) is 69.9 cm³/mol. The summed E-state index contributed by atoms with van der Waals surface area (Å²) in [6.07, 6.45) is 0. The topological polar surface area (TPSA) is 46.2 Å². The standard InChI is InChI=1S/C14H23NO/c1-13(2,3)9-7-10(14(4,5)6)12(16)8-11(9)15/h7-8,16H,15H2,1-6H3/i1D3,2D3,4D3,5D3,6D3. The van der Waals surface area contributed by atoms with Crippen LogP contribution in [0.4, 0.5) is 5.69 Å². The number of phenols is 1. The van der Waals surface area contributed by atoms with Crippen molar-refractivity contribution in [3.63, 3.8) is 0 Å². The zero-order chi connectivity index (χ0) is 25.2. The van der Waals surface area contributed by atoms with Gasteiger partial charge in [-0.1, -0.05) is 41.2 Å². The molecule has 0 aliphatic carbocycles. The van der Waals surface area contributed by atoms with Crippen LogP contribution in [0.1, 0.15) is 72.9 Å². The molecule has 0 spiro atoms. The third-order valence-electron chi connectivity index (χ3n) is 2.11. The smallest absolute Gasteiger partial charge is 0.121 e. The van der Waals surface area contributed by atoms with Crippen molar-refractivity contribution in [2.75, 3.05) is 5.73 Å². The molecule has 16 heavy (non-hydrogen) atoms. The van der Waals surface area contributed by atoms with E-state index in [0.29, 0.717) is 12.1 Å². The van der Waals surface area contributed by atoms with Crippen LogP contribution < -0.4 is 5.73 Å². The zero-order valence-corrected chi connectivity index (χ0v) is 8.68. The molecule has 0 aliphatic heterocycles. The molecule has 0 aromatic heterocycles. The van der Waals surface area contributed by atoms with E-state index in [1.54, 1.807) is 0 Å². The lowest BCUT2D eigenvalue weighted by molar-refractivity contribution is 0.445. The monoisotopic (exact) mass is 236 g/mol. The summed E-state index contributed by atoms with van der Waals surface area (Å²) < 4.78 is 116. The number of anilines is 1. The Morgan fingerprint density at radius 3 is 2.12 bits per heavy atom. The Morgan fingerprint density at radius 1 is 1.06 bits per heavy atom. The van der Waals surface area contributed by atoms with Gasteiger partial charge in [0.1, 0.15) is 5.75 Å². The van der Waals surface area contributed by atoms with Crippen LogP contribution in [-0.2, 0) is 10.8 Å². The second-order valence-electron chi connectivity index (χ2n) is 3.83. The molecule has 0 bridgehead atoms. The van der Waals surface area contributed by atoms with Crippen molar-refractivity contribution in [1.29, 1.82) is 0 Å². The van der Waals surface area contributed by atoms with E-state index in [-0.39, 0.29) is 0 Å². The summed E-state index contributed by atoms with van der Waals surface area (Å²) in [5.41, 5.74) is -3.17. The number of aromatic hydroxyl groups is 1. The first kappa shape index (κ1) is 3.18. The lowest BCUT2D eigenvalue weighted by atomic mass is 9.79. The van der Waals surface area contributed by atoms with Crippen LogP contribution in [0.5, 0.6) is 5.75 Å². The molecule has 2 heteroatoms. The highest BCUT2D eigenvalue weighted by Crippen LogP contribution is 2.38. The van der Waals surface area contributed by atoms with Gasteiger partial charge in [-0.3, -0.25) is 0 Å². The maximum absolute atomic E-state index is 10.4. The van der Waals surface area contributed by atoms with Crippen LogP contribution in [0, 0.1) is 0 Å². The number of rotatable bonds is 0. The highest BCUT2D eigenvalue weighted by atomic mass is 16.3. The summed E-state index contributed by atoms with van der Waals surface area (Å²) in [6.45, 7) is -17.0. The van der Waals surface area contributed by atoms with E-state index in [0.717, 1.165) is 6.92 Å². The van der Waals surface area contributed by atoms with Crippen molar-refractivity contribution < 1.29 is 25.7 Å². The summed E-state index contributed by atoms with van der Waals surface area (Å²) in [6, 6.07) is 1.03. The molecule has 1 aromatic carbocycles. The van der Waals surface area contributed by atoms with Crippen LogP contribution in [0.3, 0.4) is 0 Å². The Kier molecular flexibility index (Phi) is 0.734. The molecule has 3 N–H and O–H groups in total. The minimum absolute atomic E-state index is 0.467. The maximum Gasteiger partial charge on any atom is 0.121 e. The molecular formula is C14H23NO. The van der Waals surface area contributed by atoms with Gasteiger partial charge in [-0.2, -0.15) is 0 Å². The van der Waals surface area contributed by atoms with Gasteiger partial charge in [0, 0.05) is 32.3 Å². The van der Waals surface area contributed by atoms with Gasteiger partial charge >= 0.3 is 0 Å². The van der Waals surface area contributed by atoms with Crippen LogP contribution in [-0.4, -0.2) is 5.11 Å². The SMILES string of the molecule is [2H]C([2H])([2H])C(C)(c1cc(C(C([2H])([2H])[2H])(C([2H])([2H])[2H])C([2H])([2H])[2H])c(O)cc1N)C([2H])([2H])[2H]. The van der Waals surface area contributed by atoms with Gasteiger partial charge < -0.3 is 10.8 Å². The third-order valence-corrected chi connectivity index (χ3v) is 2.11. The number of nitrogen functional groups attached to an aromatic ring is 1. The van der Waals surface area contributed by atoms with E-state index in [1.165, 1.54) is 0 Å². The number of phenolic OH excluding ortho intramolecular Hbond substituents is 1. The summed E-state index contributed by atoms with van der Waals surface area (Å²) in [5, 5.41) is 10.4. The maximum atomic E-state index is 10.4. The number of hydrogen-bond donors (Lipinski definition) is 2. The molecule has 0 unspecified atom stereocenters. The first-order valence-corrected chi connectivity index (χ1v) is 4.42. The molecule has 2 nitrogen and oxygen atoms in total.